The van der Waals surface area contributed by atoms with Gasteiger partial charge in [0.2, 0.25) is 0 Å². The van der Waals surface area contributed by atoms with E-state index in [4.69, 9.17) is 9.94 Å². The second-order valence-electron chi connectivity index (χ2n) is 3.03. The second-order valence-corrected chi connectivity index (χ2v) is 3.03. The molecule has 2 heterocycles. The average molecular weight is 211 g/mol. The molecule has 0 unspecified atom stereocenters. The number of aromatic amines is 1. The summed E-state index contributed by atoms with van der Waals surface area (Å²) in [4.78, 5) is 33.5. The van der Waals surface area contributed by atoms with Gasteiger partial charge in [-0.2, -0.15) is 0 Å². The van der Waals surface area contributed by atoms with Crippen molar-refractivity contribution in [2.75, 3.05) is 13.2 Å². The number of aromatic nitrogens is 2. The SMILES string of the molecule is O=C(O)c1[nH]cnc1C(=O)N1CCCO1. The van der Waals surface area contributed by atoms with Gasteiger partial charge in [0.1, 0.15) is 0 Å². The van der Waals surface area contributed by atoms with Crippen LogP contribution >= 0.6 is 0 Å². The van der Waals surface area contributed by atoms with Crippen LogP contribution in [-0.4, -0.2) is 45.2 Å². The molecule has 1 saturated heterocycles. The van der Waals surface area contributed by atoms with Crippen molar-refractivity contribution in [3.8, 4) is 0 Å². The van der Waals surface area contributed by atoms with Gasteiger partial charge in [0.05, 0.1) is 19.5 Å². The fourth-order valence-electron chi connectivity index (χ4n) is 1.35. The number of hydrogen-bond acceptors (Lipinski definition) is 4. The normalized spacial score (nSPS) is 15.6. The van der Waals surface area contributed by atoms with E-state index >= 15 is 0 Å². The Morgan fingerprint density at radius 1 is 1.60 bits per heavy atom. The number of carboxylic acids is 1. The molecule has 1 aromatic heterocycles. The third kappa shape index (κ3) is 1.68. The van der Waals surface area contributed by atoms with Crippen LogP contribution < -0.4 is 0 Å². The first-order valence-electron chi connectivity index (χ1n) is 4.41. The monoisotopic (exact) mass is 211 g/mol. The Kier molecular flexibility index (Phi) is 2.38. The largest absolute Gasteiger partial charge is 0.477 e. The van der Waals surface area contributed by atoms with Crippen LogP contribution in [0.2, 0.25) is 0 Å². The number of H-pyrrole nitrogens is 1. The Morgan fingerprint density at radius 2 is 2.40 bits per heavy atom. The molecule has 15 heavy (non-hydrogen) atoms. The summed E-state index contributed by atoms with van der Waals surface area (Å²) in [7, 11) is 0. The lowest BCUT2D eigenvalue weighted by atomic mass is 10.3. The van der Waals surface area contributed by atoms with Crippen molar-refractivity contribution in [3.63, 3.8) is 0 Å². The van der Waals surface area contributed by atoms with E-state index in [1.807, 2.05) is 0 Å². The number of carbonyl (C=O) groups is 2. The minimum absolute atomic E-state index is 0.121. The number of carboxylic acid groups (broad SMARTS) is 1. The summed E-state index contributed by atoms with van der Waals surface area (Å²) in [5, 5.41) is 9.89. The predicted octanol–water partition coefficient (Wildman–Crippen LogP) is -0.115. The Hall–Kier alpha value is -1.89. The van der Waals surface area contributed by atoms with E-state index in [1.54, 1.807) is 0 Å². The van der Waals surface area contributed by atoms with Gasteiger partial charge in [-0.3, -0.25) is 9.63 Å². The van der Waals surface area contributed by atoms with Crippen molar-refractivity contribution in [2.24, 2.45) is 0 Å². The first kappa shape index (κ1) is 9.66. The summed E-state index contributed by atoms with van der Waals surface area (Å²) < 4.78 is 0. The zero-order valence-corrected chi connectivity index (χ0v) is 7.77. The van der Waals surface area contributed by atoms with Crippen molar-refractivity contribution in [3.05, 3.63) is 17.7 Å². The lowest BCUT2D eigenvalue weighted by molar-refractivity contribution is -0.0772. The van der Waals surface area contributed by atoms with Gasteiger partial charge in [-0.25, -0.2) is 14.8 Å². The zero-order valence-electron chi connectivity index (χ0n) is 7.77. The molecule has 1 amide bonds. The highest BCUT2D eigenvalue weighted by Crippen LogP contribution is 2.12. The fourth-order valence-corrected chi connectivity index (χ4v) is 1.35. The quantitative estimate of drug-likeness (QED) is 0.711. The minimum atomic E-state index is -1.21. The Labute approximate surface area is 84.6 Å². The topological polar surface area (TPSA) is 95.5 Å². The molecule has 1 fully saturated rings. The maximum absolute atomic E-state index is 11.7. The van der Waals surface area contributed by atoms with Crippen LogP contribution in [0.3, 0.4) is 0 Å². The van der Waals surface area contributed by atoms with Gasteiger partial charge in [0.15, 0.2) is 11.4 Å². The number of amides is 1. The van der Waals surface area contributed by atoms with Gasteiger partial charge in [0, 0.05) is 0 Å². The van der Waals surface area contributed by atoms with Gasteiger partial charge in [-0.1, -0.05) is 0 Å². The predicted molar refractivity (Wildman–Crippen MR) is 47.2 cm³/mol. The molecule has 2 N–H and O–H groups in total. The van der Waals surface area contributed by atoms with Gasteiger partial charge < -0.3 is 10.1 Å². The molecule has 0 spiro atoms. The third-order valence-corrected chi connectivity index (χ3v) is 2.03. The number of carbonyl (C=O) groups excluding carboxylic acids is 1. The lowest BCUT2D eigenvalue weighted by Gasteiger charge is -2.11. The molecule has 0 atom stereocenters. The van der Waals surface area contributed by atoms with E-state index < -0.39 is 11.9 Å². The molecule has 2 rings (SSSR count). The Morgan fingerprint density at radius 3 is 3.00 bits per heavy atom. The van der Waals surface area contributed by atoms with Crippen LogP contribution in [0.4, 0.5) is 0 Å². The summed E-state index contributed by atoms with van der Waals surface area (Å²) in [5.41, 5.74) is -0.333. The number of nitrogens with zero attached hydrogens (tertiary/aromatic N) is 2. The van der Waals surface area contributed by atoms with Crippen LogP contribution in [0.5, 0.6) is 0 Å². The number of hydroxylamine groups is 2. The first-order valence-corrected chi connectivity index (χ1v) is 4.41. The third-order valence-electron chi connectivity index (χ3n) is 2.03. The molecule has 0 radical (unpaired) electrons. The van der Waals surface area contributed by atoms with Gasteiger partial charge >= 0.3 is 5.97 Å². The summed E-state index contributed by atoms with van der Waals surface area (Å²) >= 11 is 0. The smallest absolute Gasteiger partial charge is 0.354 e. The number of hydrogen-bond donors (Lipinski definition) is 2. The van der Waals surface area contributed by atoms with Crippen LogP contribution in [0.1, 0.15) is 27.4 Å². The summed E-state index contributed by atoms with van der Waals surface area (Å²) in [5.74, 6) is -1.74. The highest BCUT2D eigenvalue weighted by molar-refractivity contribution is 6.01. The molecule has 1 aliphatic rings. The van der Waals surface area contributed by atoms with Crippen molar-refractivity contribution in [1.29, 1.82) is 0 Å². The molecule has 80 valence electrons. The summed E-state index contributed by atoms with van der Waals surface area (Å²) in [6.45, 7) is 0.934. The molecule has 7 heteroatoms. The molecule has 0 saturated carbocycles. The van der Waals surface area contributed by atoms with E-state index in [1.165, 1.54) is 6.33 Å². The van der Waals surface area contributed by atoms with Gasteiger partial charge in [0.25, 0.3) is 5.91 Å². The highest BCUT2D eigenvalue weighted by atomic mass is 16.7. The molecule has 7 nitrogen and oxygen atoms in total. The maximum atomic E-state index is 11.7. The first-order chi connectivity index (χ1) is 7.20. The number of nitrogens with one attached hydrogen (secondary N) is 1. The van der Waals surface area contributed by atoms with Gasteiger partial charge in [-0.05, 0) is 6.42 Å². The maximum Gasteiger partial charge on any atom is 0.354 e. The molecule has 0 bridgehead atoms. The van der Waals surface area contributed by atoms with Crippen LogP contribution in [-0.2, 0) is 4.84 Å². The van der Waals surface area contributed by atoms with Crippen LogP contribution in [0, 0.1) is 0 Å². The molecule has 1 aliphatic heterocycles. The molecular weight excluding hydrogens is 202 g/mol. The number of imidazole rings is 1. The molecular formula is C8H9N3O4. The van der Waals surface area contributed by atoms with Crippen molar-refractivity contribution < 1.29 is 19.5 Å². The number of aromatic carboxylic acids is 1. The Balaban J connectivity index is 2.24. The summed E-state index contributed by atoms with van der Waals surface area (Å²) in [6.07, 6.45) is 1.92. The Bertz CT molecular complexity index is 394. The highest BCUT2D eigenvalue weighted by Gasteiger charge is 2.27. The fraction of sp³-hybridized carbons (Fsp3) is 0.375. The standard InChI is InChI=1S/C8H9N3O4/c12-7(11-2-1-3-15-11)5-6(8(13)14)10-4-9-5/h4H,1-3H2,(H,9,10)(H,13,14). The van der Waals surface area contributed by atoms with E-state index in [0.29, 0.717) is 13.2 Å². The van der Waals surface area contributed by atoms with Crippen molar-refractivity contribution in [1.82, 2.24) is 15.0 Å². The average Bonchev–Trinajstić information content (AvgIpc) is 2.88. The van der Waals surface area contributed by atoms with Crippen molar-refractivity contribution in [2.45, 2.75) is 6.42 Å². The number of rotatable bonds is 2. The molecule has 1 aromatic rings. The lowest BCUT2D eigenvalue weighted by Crippen LogP contribution is -2.28. The van der Waals surface area contributed by atoms with Gasteiger partial charge in [-0.15, -0.1) is 0 Å². The van der Waals surface area contributed by atoms with E-state index in [9.17, 15) is 9.59 Å². The second kappa shape index (κ2) is 3.70. The molecule has 0 aliphatic carbocycles. The summed E-state index contributed by atoms with van der Waals surface area (Å²) in [6, 6.07) is 0. The molecule has 0 aromatic carbocycles. The van der Waals surface area contributed by atoms with Crippen LogP contribution in [0.25, 0.3) is 0 Å². The van der Waals surface area contributed by atoms with E-state index in [2.05, 4.69) is 9.97 Å². The van der Waals surface area contributed by atoms with E-state index in [-0.39, 0.29) is 11.4 Å². The van der Waals surface area contributed by atoms with E-state index in [0.717, 1.165) is 11.5 Å². The zero-order chi connectivity index (χ0) is 10.8. The van der Waals surface area contributed by atoms with Crippen molar-refractivity contribution >= 4 is 11.9 Å². The minimum Gasteiger partial charge on any atom is -0.477 e. The van der Waals surface area contributed by atoms with Crippen LogP contribution in [0.15, 0.2) is 6.33 Å².